The van der Waals surface area contributed by atoms with Gasteiger partial charge < -0.3 is 4.57 Å². The topological polar surface area (TPSA) is 17.8 Å². The fourth-order valence-corrected chi connectivity index (χ4v) is 2.28. The van der Waals surface area contributed by atoms with Gasteiger partial charge in [-0.2, -0.15) is 0 Å². The van der Waals surface area contributed by atoms with Crippen LogP contribution in [0.15, 0.2) is 0 Å². The Kier molecular flexibility index (Phi) is 2.38. The number of hydrogen-bond acceptors (Lipinski definition) is 1. The summed E-state index contributed by atoms with van der Waals surface area (Å²) in [6.45, 7) is 5.64. The van der Waals surface area contributed by atoms with Gasteiger partial charge >= 0.3 is 0 Å². The van der Waals surface area contributed by atoms with Crippen LogP contribution in [0.3, 0.4) is 0 Å². The molecule has 2 heterocycles. The molecule has 0 spiro atoms. The van der Waals surface area contributed by atoms with Crippen molar-refractivity contribution in [3.63, 3.8) is 0 Å². The first-order chi connectivity index (χ1) is 6.36. The van der Waals surface area contributed by atoms with Crippen LogP contribution in [0.2, 0.25) is 0 Å². The highest BCUT2D eigenvalue weighted by atomic mass is 15.1. The third-order valence-corrected chi connectivity index (χ3v) is 2.94. The maximum atomic E-state index is 4.70. The van der Waals surface area contributed by atoms with E-state index in [9.17, 15) is 0 Å². The molecule has 2 nitrogen and oxygen atoms in total. The zero-order valence-corrected chi connectivity index (χ0v) is 8.64. The van der Waals surface area contributed by atoms with E-state index in [0.29, 0.717) is 0 Å². The lowest BCUT2D eigenvalue weighted by molar-refractivity contribution is 0.509. The van der Waals surface area contributed by atoms with Crippen LogP contribution in [0, 0.1) is 0 Å². The minimum atomic E-state index is 1.09. The summed E-state index contributed by atoms with van der Waals surface area (Å²) in [6.07, 6.45) is 6.06. The molecule has 0 saturated heterocycles. The molecule has 0 N–H and O–H groups in total. The fraction of sp³-hybridized carbons (Fsp3) is 0.727. The molecule has 0 aliphatic carbocycles. The van der Waals surface area contributed by atoms with E-state index < -0.39 is 0 Å². The zero-order chi connectivity index (χ0) is 9.26. The molecule has 0 atom stereocenters. The predicted octanol–water partition coefficient (Wildman–Crippen LogP) is 2.34. The molecule has 0 fully saturated rings. The fourth-order valence-electron chi connectivity index (χ4n) is 2.28. The Morgan fingerprint density at radius 3 is 2.77 bits per heavy atom. The summed E-state index contributed by atoms with van der Waals surface area (Å²) in [5.41, 5.74) is 2.82. The van der Waals surface area contributed by atoms with Gasteiger partial charge in [0.15, 0.2) is 0 Å². The van der Waals surface area contributed by atoms with Gasteiger partial charge in [-0.25, -0.2) is 4.98 Å². The molecule has 0 aromatic carbocycles. The van der Waals surface area contributed by atoms with Gasteiger partial charge in [-0.3, -0.25) is 0 Å². The number of imidazole rings is 1. The molecule has 0 unspecified atom stereocenters. The number of hydrogen-bond donors (Lipinski definition) is 0. The Morgan fingerprint density at radius 1 is 1.23 bits per heavy atom. The van der Waals surface area contributed by atoms with Crippen molar-refractivity contribution in [2.45, 2.75) is 52.5 Å². The average Bonchev–Trinajstić information content (AvgIpc) is 2.55. The number of aryl methyl sites for hydroxylation is 2. The lowest BCUT2D eigenvalue weighted by Crippen LogP contribution is -2.12. The largest absolute Gasteiger partial charge is 0.332 e. The molecule has 1 aliphatic heterocycles. The van der Waals surface area contributed by atoms with Crippen molar-refractivity contribution in [2.24, 2.45) is 0 Å². The molecule has 0 bridgehead atoms. The summed E-state index contributed by atoms with van der Waals surface area (Å²) >= 11 is 0. The van der Waals surface area contributed by atoms with Crippen molar-refractivity contribution in [3.05, 3.63) is 17.2 Å². The minimum Gasteiger partial charge on any atom is -0.332 e. The van der Waals surface area contributed by atoms with Gasteiger partial charge in [-0.15, -0.1) is 0 Å². The van der Waals surface area contributed by atoms with Crippen molar-refractivity contribution in [1.29, 1.82) is 0 Å². The Balaban J connectivity index is 2.44. The Bertz CT molecular complexity index is 289. The second-order valence-electron chi connectivity index (χ2n) is 3.74. The summed E-state index contributed by atoms with van der Waals surface area (Å²) in [7, 11) is 0. The number of rotatable bonds is 2. The van der Waals surface area contributed by atoms with E-state index in [1.54, 1.807) is 0 Å². The Labute approximate surface area is 80.0 Å². The van der Waals surface area contributed by atoms with Crippen LogP contribution in [-0.2, 0) is 25.8 Å². The summed E-state index contributed by atoms with van der Waals surface area (Å²) in [5.74, 6) is 1.33. The van der Waals surface area contributed by atoms with E-state index >= 15 is 0 Å². The van der Waals surface area contributed by atoms with Gasteiger partial charge in [0.25, 0.3) is 0 Å². The van der Waals surface area contributed by atoms with Crippen molar-refractivity contribution in [3.8, 4) is 0 Å². The van der Waals surface area contributed by atoms with Gasteiger partial charge in [0.05, 0.1) is 5.69 Å². The maximum Gasteiger partial charge on any atom is 0.109 e. The van der Waals surface area contributed by atoms with Crippen LogP contribution in [0.1, 0.15) is 43.9 Å². The van der Waals surface area contributed by atoms with Gasteiger partial charge in [-0.1, -0.05) is 13.8 Å². The van der Waals surface area contributed by atoms with Crippen molar-refractivity contribution in [2.75, 3.05) is 0 Å². The van der Waals surface area contributed by atoms with Crippen LogP contribution in [0.4, 0.5) is 0 Å². The highest BCUT2D eigenvalue weighted by molar-refractivity contribution is 5.18. The molecule has 2 rings (SSSR count). The molecule has 2 heteroatoms. The first-order valence-electron chi connectivity index (χ1n) is 5.44. The molecule has 1 aromatic heterocycles. The molecule has 1 aromatic rings. The summed E-state index contributed by atoms with van der Waals surface area (Å²) in [5, 5.41) is 0. The van der Waals surface area contributed by atoms with E-state index in [2.05, 4.69) is 18.4 Å². The molecule has 72 valence electrons. The van der Waals surface area contributed by atoms with Crippen LogP contribution in [0.25, 0.3) is 0 Å². The molecular weight excluding hydrogens is 160 g/mol. The lowest BCUT2D eigenvalue weighted by atomic mass is 10.1. The monoisotopic (exact) mass is 178 g/mol. The van der Waals surface area contributed by atoms with Crippen LogP contribution in [-0.4, -0.2) is 9.55 Å². The van der Waals surface area contributed by atoms with Gasteiger partial charge in [0, 0.05) is 18.7 Å². The number of aromatic nitrogens is 2. The predicted molar refractivity (Wildman–Crippen MR) is 53.9 cm³/mol. The normalized spacial score (nSPS) is 15.8. The van der Waals surface area contributed by atoms with E-state index in [1.165, 1.54) is 43.0 Å². The molecule has 0 amide bonds. The van der Waals surface area contributed by atoms with Crippen molar-refractivity contribution in [1.82, 2.24) is 9.55 Å². The molecule has 0 saturated carbocycles. The highest BCUT2D eigenvalue weighted by Crippen LogP contribution is 2.20. The second-order valence-corrected chi connectivity index (χ2v) is 3.74. The summed E-state index contributed by atoms with van der Waals surface area (Å²) in [6, 6.07) is 0. The second kappa shape index (κ2) is 3.52. The standard InChI is InChI=1S/C11H18N2/c1-3-9-10(4-2)13-8-6-5-7-11(13)12-9/h3-8H2,1-2H3. The van der Waals surface area contributed by atoms with Crippen LogP contribution >= 0.6 is 0 Å². The zero-order valence-electron chi connectivity index (χ0n) is 8.64. The van der Waals surface area contributed by atoms with E-state index in [4.69, 9.17) is 4.98 Å². The van der Waals surface area contributed by atoms with E-state index in [0.717, 1.165) is 12.8 Å². The number of fused-ring (bicyclic) bond motifs is 1. The minimum absolute atomic E-state index is 1.09. The van der Waals surface area contributed by atoms with Crippen LogP contribution < -0.4 is 0 Å². The smallest absolute Gasteiger partial charge is 0.109 e. The highest BCUT2D eigenvalue weighted by Gasteiger charge is 2.16. The molecule has 13 heavy (non-hydrogen) atoms. The first-order valence-corrected chi connectivity index (χ1v) is 5.44. The number of nitrogens with zero attached hydrogens (tertiary/aromatic N) is 2. The van der Waals surface area contributed by atoms with Crippen molar-refractivity contribution >= 4 is 0 Å². The van der Waals surface area contributed by atoms with Crippen LogP contribution in [0.5, 0.6) is 0 Å². The van der Waals surface area contributed by atoms with E-state index in [1.807, 2.05) is 0 Å². The Hall–Kier alpha value is -0.790. The maximum absolute atomic E-state index is 4.70. The lowest BCUT2D eigenvalue weighted by Gasteiger charge is -2.15. The summed E-state index contributed by atoms with van der Waals surface area (Å²) < 4.78 is 2.45. The summed E-state index contributed by atoms with van der Waals surface area (Å²) in [4.78, 5) is 4.70. The SMILES string of the molecule is CCc1nc2n(c1CC)CCCC2. The third-order valence-electron chi connectivity index (χ3n) is 2.94. The Morgan fingerprint density at radius 2 is 2.08 bits per heavy atom. The van der Waals surface area contributed by atoms with Gasteiger partial charge in [-0.05, 0) is 25.7 Å². The molecular formula is C11H18N2. The first kappa shape index (κ1) is 8.79. The van der Waals surface area contributed by atoms with Gasteiger partial charge in [0.2, 0.25) is 0 Å². The molecule has 1 aliphatic rings. The third kappa shape index (κ3) is 1.38. The average molecular weight is 178 g/mol. The van der Waals surface area contributed by atoms with Crippen molar-refractivity contribution < 1.29 is 0 Å². The van der Waals surface area contributed by atoms with E-state index in [-0.39, 0.29) is 0 Å². The quantitative estimate of drug-likeness (QED) is 0.679. The van der Waals surface area contributed by atoms with Gasteiger partial charge in [0.1, 0.15) is 5.82 Å². The molecule has 0 radical (unpaired) electrons.